The zero-order valence-electron chi connectivity index (χ0n) is 20.9. The van der Waals surface area contributed by atoms with Crippen LogP contribution in [0.5, 0.6) is 0 Å². The van der Waals surface area contributed by atoms with Crippen molar-refractivity contribution < 1.29 is 24.0 Å². The van der Waals surface area contributed by atoms with Gasteiger partial charge in [0.25, 0.3) is 0 Å². The number of furan rings is 1. The fourth-order valence-corrected chi connectivity index (χ4v) is 4.46. The number of carbonyl (C=O) groups is 2. The topological polar surface area (TPSA) is 118 Å². The van der Waals surface area contributed by atoms with Crippen molar-refractivity contribution in [2.24, 2.45) is 10.9 Å². The average molecular weight is 510 g/mol. The number of nitrogens with two attached hydrogens (primary N) is 1. The SMILES string of the molecule is Cc1ccc(C(N)=NOC(=O)CN(Cc2ccc(SC(C)(C)C(=O)O)cc2)Cc2ccco2)c(C)c1. The number of amidine groups is 1. The molecule has 0 bridgehead atoms. The molecule has 8 nitrogen and oxygen atoms in total. The zero-order valence-corrected chi connectivity index (χ0v) is 21.7. The highest BCUT2D eigenvalue weighted by Gasteiger charge is 2.28. The van der Waals surface area contributed by atoms with E-state index in [4.69, 9.17) is 15.0 Å². The number of carboxylic acid groups (broad SMARTS) is 1. The lowest BCUT2D eigenvalue weighted by atomic mass is 10.1. The maximum absolute atomic E-state index is 12.6. The molecule has 1 aromatic heterocycles. The Balaban J connectivity index is 1.67. The molecule has 3 N–H and O–H groups in total. The van der Waals surface area contributed by atoms with Gasteiger partial charge in [0.15, 0.2) is 5.84 Å². The van der Waals surface area contributed by atoms with E-state index in [1.54, 1.807) is 26.2 Å². The van der Waals surface area contributed by atoms with Gasteiger partial charge in [-0.2, -0.15) is 0 Å². The number of rotatable bonds is 11. The molecule has 0 aliphatic rings. The first-order chi connectivity index (χ1) is 17.0. The standard InChI is InChI=1S/C27H31N3O5S/c1-18-7-12-23(19(2)14-18)25(28)29-35-24(31)17-30(16-21-6-5-13-34-21)15-20-8-10-22(11-9-20)36-27(3,4)26(32)33/h5-14H,15-17H2,1-4H3,(H2,28,29)(H,32,33). The lowest BCUT2D eigenvalue weighted by molar-refractivity contribution is -0.145. The Kier molecular flexibility index (Phi) is 8.95. The molecule has 0 amide bonds. The third-order valence-electron chi connectivity index (χ3n) is 5.43. The van der Waals surface area contributed by atoms with Gasteiger partial charge in [0.1, 0.15) is 17.1 Å². The molecule has 0 saturated carbocycles. The molecular formula is C27H31N3O5S. The highest BCUT2D eigenvalue weighted by Crippen LogP contribution is 2.32. The summed E-state index contributed by atoms with van der Waals surface area (Å²) in [6.45, 7) is 8.04. The molecule has 36 heavy (non-hydrogen) atoms. The second-order valence-electron chi connectivity index (χ2n) is 9.04. The van der Waals surface area contributed by atoms with E-state index in [0.29, 0.717) is 24.4 Å². The summed E-state index contributed by atoms with van der Waals surface area (Å²) in [6, 6.07) is 17.0. The third kappa shape index (κ3) is 7.73. The van der Waals surface area contributed by atoms with Gasteiger partial charge in [0, 0.05) is 17.0 Å². The van der Waals surface area contributed by atoms with Crippen molar-refractivity contribution in [1.82, 2.24) is 4.90 Å². The fourth-order valence-electron chi connectivity index (χ4n) is 3.51. The second-order valence-corrected chi connectivity index (χ2v) is 10.7. The van der Waals surface area contributed by atoms with Crippen LogP contribution in [0.2, 0.25) is 0 Å². The van der Waals surface area contributed by atoms with Crippen LogP contribution in [0.1, 0.15) is 41.9 Å². The first kappa shape index (κ1) is 27.0. The maximum atomic E-state index is 12.6. The van der Waals surface area contributed by atoms with Crippen LogP contribution in [0.4, 0.5) is 0 Å². The first-order valence-corrected chi connectivity index (χ1v) is 12.2. The van der Waals surface area contributed by atoms with Gasteiger partial charge in [-0.05, 0) is 63.1 Å². The Morgan fingerprint density at radius 3 is 2.44 bits per heavy atom. The van der Waals surface area contributed by atoms with Crippen LogP contribution in [0.15, 0.2) is 75.3 Å². The minimum atomic E-state index is -0.934. The van der Waals surface area contributed by atoms with Gasteiger partial charge in [-0.15, -0.1) is 11.8 Å². The van der Waals surface area contributed by atoms with Crippen molar-refractivity contribution in [3.8, 4) is 0 Å². The fraction of sp³-hybridized carbons (Fsp3) is 0.296. The molecule has 190 valence electrons. The van der Waals surface area contributed by atoms with E-state index in [9.17, 15) is 14.7 Å². The third-order valence-corrected chi connectivity index (χ3v) is 6.63. The minimum Gasteiger partial charge on any atom is -0.480 e. The zero-order chi connectivity index (χ0) is 26.3. The molecule has 2 aromatic carbocycles. The molecule has 0 aliphatic heterocycles. The Morgan fingerprint density at radius 2 is 1.83 bits per heavy atom. The number of thioether (sulfide) groups is 1. The molecule has 3 rings (SSSR count). The first-order valence-electron chi connectivity index (χ1n) is 11.4. The number of aliphatic carboxylic acids is 1. The Bertz CT molecular complexity index is 1220. The molecule has 0 fully saturated rings. The Morgan fingerprint density at radius 1 is 1.11 bits per heavy atom. The monoisotopic (exact) mass is 509 g/mol. The summed E-state index contributed by atoms with van der Waals surface area (Å²) in [5.41, 5.74) is 9.75. The number of oxime groups is 1. The molecule has 1 heterocycles. The predicted molar refractivity (Wildman–Crippen MR) is 140 cm³/mol. The molecule has 0 radical (unpaired) electrons. The molecule has 0 unspecified atom stereocenters. The van der Waals surface area contributed by atoms with Gasteiger partial charge in [0.05, 0.1) is 12.8 Å². The van der Waals surface area contributed by atoms with Crippen LogP contribution >= 0.6 is 11.8 Å². The molecule has 0 spiro atoms. The number of aryl methyl sites for hydroxylation is 2. The Labute approximate surface area is 215 Å². The number of nitrogens with zero attached hydrogens (tertiary/aromatic N) is 2. The summed E-state index contributed by atoms with van der Waals surface area (Å²) >= 11 is 1.28. The number of carboxylic acids is 1. The molecule has 0 saturated heterocycles. The summed E-state index contributed by atoms with van der Waals surface area (Å²) < 4.78 is 4.52. The van der Waals surface area contributed by atoms with E-state index in [0.717, 1.165) is 21.6 Å². The number of hydrogen-bond donors (Lipinski definition) is 2. The summed E-state index contributed by atoms with van der Waals surface area (Å²) in [6.07, 6.45) is 1.58. The van der Waals surface area contributed by atoms with E-state index in [-0.39, 0.29) is 12.4 Å². The normalized spacial score (nSPS) is 12.1. The molecule has 3 aromatic rings. The van der Waals surface area contributed by atoms with Crippen LogP contribution in [-0.2, 0) is 27.5 Å². The van der Waals surface area contributed by atoms with Gasteiger partial charge in [-0.3, -0.25) is 9.69 Å². The van der Waals surface area contributed by atoms with Crippen LogP contribution in [0, 0.1) is 13.8 Å². The van der Waals surface area contributed by atoms with Crippen molar-refractivity contribution in [1.29, 1.82) is 0 Å². The van der Waals surface area contributed by atoms with Gasteiger partial charge < -0.3 is 20.1 Å². The molecule has 9 heteroatoms. The summed E-state index contributed by atoms with van der Waals surface area (Å²) in [5, 5.41) is 13.2. The van der Waals surface area contributed by atoms with E-state index in [1.807, 2.05) is 67.3 Å². The van der Waals surface area contributed by atoms with E-state index in [1.165, 1.54) is 11.8 Å². The van der Waals surface area contributed by atoms with Crippen LogP contribution < -0.4 is 5.73 Å². The number of hydrogen-bond acceptors (Lipinski definition) is 7. The average Bonchev–Trinajstić information content (AvgIpc) is 3.31. The quantitative estimate of drug-likeness (QED) is 0.125. The van der Waals surface area contributed by atoms with Crippen molar-refractivity contribution in [2.45, 2.75) is 50.4 Å². The lowest BCUT2D eigenvalue weighted by Crippen LogP contribution is -2.30. The van der Waals surface area contributed by atoms with Gasteiger partial charge in [0.2, 0.25) is 0 Å². The van der Waals surface area contributed by atoms with Gasteiger partial charge >= 0.3 is 11.9 Å². The van der Waals surface area contributed by atoms with E-state index < -0.39 is 16.7 Å². The summed E-state index contributed by atoms with van der Waals surface area (Å²) in [5.74, 6) is -0.586. The summed E-state index contributed by atoms with van der Waals surface area (Å²) in [7, 11) is 0. The summed E-state index contributed by atoms with van der Waals surface area (Å²) in [4.78, 5) is 31.8. The Hall–Kier alpha value is -3.56. The van der Waals surface area contributed by atoms with Crippen molar-refractivity contribution in [2.75, 3.05) is 6.54 Å². The van der Waals surface area contributed by atoms with Crippen molar-refractivity contribution in [3.05, 3.63) is 88.9 Å². The van der Waals surface area contributed by atoms with Crippen LogP contribution in [0.25, 0.3) is 0 Å². The van der Waals surface area contributed by atoms with Gasteiger partial charge in [-0.1, -0.05) is 41.1 Å². The van der Waals surface area contributed by atoms with E-state index >= 15 is 0 Å². The number of carbonyl (C=O) groups excluding carboxylic acids is 1. The second kappa shape index (κ2) is 11.9. The molecule has 0 atom stereocenters. The van der Waals surface area contributed by atoms with Crippen LogP contribution in [0.3, 0.4) is 0 Å². The maximum Gasteiger partial charge on any atom is 0.348 e. The lowest BCUT2D eigenvalue weighted by Gasteiger charge is -2.21. The minimum absolute atomic E-state index is 0.0348. The highest BCUT2D eigenvalue weighted by molar-refractivity contribution is 8.01. The predicted octanol–water partition coefficient (Wildman–Crippen LogP) is 4.72. The largest absolute Gasteiger partial charge is 0.480 e. The van der Waals surface area contributed by atoms with Crippen LogP contribution in [-0.4, -0.2) is 39.1 Å². The van der Waals surface area contributed by atoms with Crippen molar-refractivity contribution in [3.63, 3.8) is 0 Å². The molecular weight excluding hydrogens is 478 g/mol. The number of benzene rings is 2. The van der Waals surface area contributed by atoms with Gasteiger partial charge in [-0.25, -0.2) is 4.79 Å². The molecule has 0 aliphatic carbocycles. The van der Waals surface area contributed by atoms with Crippen molar-refractivity contribution >= 4 is 29.5 Å². The highest BCUT2D eigenvalue weighted by atomic mass is 32.2. The smallest absolute Gasteiger partial charge is 0.348 e. The van der Waals surface area contributed by atoms with E-state index in [2.05, 4.69) is 5.16 Å².